The van der Waals surface area contributed by atoms with Crippen LogP contribution in [-0.2, 0) is 6.42 Å². The summed E-state index contributed by atoms with van der Waals surface area (Å²) < 4.78 is 13.5. The molecule has 1 N–H and O–H groups in total. The SMILES string of the molecule is OCCCc1nncc(-c2ccccc2F)n1. The third-order valence-electron chi connectivity index (χ3n) is 2.31. The van der Waals surface area contributed by atoms with Crippen molar-refractivity contribution in [2.24, 2.45) is 0 Å². The smallest absolute Gasteiger partial charge is 0.151 e. The summed E-state index contributed by atoms with van der Waals surface area (Å²) in [5.41, 5.74) is 0.874. The van der Waals surface area contributed by atoms with Gasteiger partial charge in [-0.25, -0.2) is 9.37 Å². The molecule has 1 heterocycles. The van der Waals surface area contributed by atoms with Gasteiger partial charge in [0.1, 0.15) is 5.82 Å². The Hall–Kier alpha value is -1.88. The molecule has 2 aromatic rings. The van der Waals surface area contributed by atoms with Crippen LogP contribution in [0.3, 0.4) is 0 Å². The molecule has 0 radical (unpaired) electrons. The number of aliphatic hydroxyl groups is 1. The standard InChI is InChI=1S/C12H12FN3O/c13-10-5-2-1-4-9(10)11-8-14-16-12(15-11)6-3-7-17/h1-2,4-5,8,17H,3,6-7H2. The topological polar surface area (TPSA) is 58.9 Å². The number of aliphatic hydroxyl groups excluding tert-OH is 1. The van der Waals surface area contributed by atoms with Crippen molar-refractivity contribution in [3.05, 3.63) is 42.1 Å². The van der Waals surface area contributed by atoms with Gasteiger partial charge in [-0.1, -0.05) is 12.1 Å². The summed E-state index contributed by atoms with van der Waals surface area (Å²) in [5, 5.41) is 16.4. The van der Waals surface area contributed by atoms with Crippen LogP contribution < -0.4 is 0 Å². The number of halogens is 1. The molecular formula is C12H12FN3O. The highest BCUT2D eigenvalue weighted by Crippen LogP contribution is 2.19. The van der Waals surface area contributed by atoms with Crippen LogP contribution >= 0.6 is 0 Å². The first-order chi connectivity index (χ1) is 8.31. The van der Waals surface area contributed by atoms with Crippen molar-refractivity contribution in [3.63, 3.8) is 0 Å². The lowest BCUT2D eigenvalue weighted by Gasteiger charge is -2.03. The van der Waals surface area contributed by atoms with Gasteiger partial charge in [-0.05, 0) is 18.6 Å². The van der Waals surface area contributed by atoms with E-state index in [4.69, 9.17) is 5.11 Å². The molecule has 88 valence electrons. The lowest BCUT2D eigenvalue weighted by atomic mass is 10.1. The van der Waals surface area contributed by atoms with Gasteiger partial charge in [0, 0.05) is 18.6 Å². The maximum absolute atomic E-state index is 13.5. The predicted octanol–water partition coefficient (Wildman–Crippen LogP) is 1.60. The predicted molar refractivity (Wildman–Crippen MR) is 60.6 cm³/mol. The summed E-state index contributed by atoms with van der Waals surface area (Å²) in [4.78, 5) is 4.22. The van der Waals surface area contributed by atoms with Crippen molar-refractivity contribution < 1.29 is 9.50 Å². The average molecular weight is 233 g/mol. The number of rotatable bonds is 4. The maximum Gasteiger partial charge on any atom is 0.151 e. The Morgan fingerprint density at radius 1 is 1.24 bits per heavy atom. The minimum absolute atomic E-state index is 0.0767. The van der Waals surface area contributed by atoms with Crippen LogP contribution in [0.5, 0.6) is 0 Å². The van der Waals surface area contributed by atoms with E-state index < -0.39 is 0 Å². The Labute approximate surface area is 98.2 Å². The van der Waals surface area contributed by atoms with E-state index >= 15 is 0 Å². The second kappa shape index (κ2) is 5.45. The second-order valence-corrected chi connectivity index (χ2v) is 3.56. The van der Waals surface area contributed by atoms with Crippen molar-refractivity contribution in [2.45, 2.75) is 12.8 Å². The summed E-state index contributed by atoms with van der Waals surface area (Å²) in [6.07, 6.45) is 2.54. The maximum atomic E-state index is 13.5. The summed E-state index contributed by atoms with van der Waals surface area (Å²) in [6, 6.07) is 6.40. The van der Waals surface area contributed by atoms with Crippen molar-refractivity contribution in [1.29, 1.82) is 0 Å². The van der Waals surface area contributed by atoms with E-state index in [-0.39, 0.29) is 12.4 Å². The minimum Gasteiger partial charge on any atom is -0.396 e. The molecule has 4 nitrogen and oxygen atoms in total. The van der Waals surface area contributed by atoms with Crippen molar-refractivity contribution in [2.75, 3.05) is 6.61 Å². The molecule has 0 unspecified atom stereocenters. The zero-order chi connectivity index (χ0) is 12.1. The fourth-order valence-corrected chi connectivity index (χ4v) is 1.48. The monoisotopic (exact) mass is 233 g/mol. The molecule has 0 fully saturated rings. The van der Waals surface area contributed by atoms with Gasteiger partial charge in [0.25, 0.3) is 0 Å². The first-order valence-electron chi connectivity index (χ1n) is 5.35. The van der Waals surface area contributed by atoms with Crippen LogP contribution in [-0.4, -0.2) is 26.9 Å². The minimum atomic E-state index is -0.332. The normalized spacial score (nSPS) is 10.5. The van der Waals surface area contributed by atoms with E-state index in [9.17, 15) is 4.39 Å². The summed E-state index contributed by atoms with van der Waals surface area (Å²) in [6.45, 7) is 0.0767. The molecule has 0 aliphatic rings. The summed E-state index contributed by atoms with van der Waals surface area (Å²) in [7, 11) is 0. The Morgan fingerprint density at radius 2 is 2.06 bits per heavy atom. The van der Waals surface area contributed by atoms with E-state index in [0.717, 1.165) is 0 Å². The third kappa shape index (κ3) is 2.82. The van der Waals surface area contributed by atoms with Gasteiger partial charge in [-0.3, -0.25) is 0 Å². The molecule has 0 amide bonds. The van der Waals surface area contributed by atoms with Crippen LogP contribution in [0.4, 0.5) is 4.39 Å². The Kier molecular flexibility index (Phi) is 3.72. The van der Waals surface area contributed by atoms with Crippen molar-refractivity contribution >= 4 is 0 Å². The molecule has 0 bridgehead atoms. The van der Waals surface area contributed by atoms with Gasteiger partial charge in [0.15, 0.2) is 5.82 Å². The molecule has 1 aromatic heterocycles. The van der Waals surface area contributed by atoms with Crippen LogP contribution in [0, 0.1) is 5.82 Å². The zero-order valence-electron chi connectivity index (χ0n) is 9.17. The second-order valence-electron chi connectivity index (χ2n) is 3.56. The Morgan fingerprint density at radius 3 is 2.82 bits per heavy atom. The number of nitrogens with zero attached hydrogens (tertiary/aromatic N) is 3. The van der Waals surface area contributed by atoms with Gasteiger partial charge in [0.2, 0.25) is 0 Å². The molecule has 0 aliphatic carbocycles. The molecule has 17 heavy (non-hydrogen) atoms. The molecule has 5 heteroatoms. The lowest BCUT2D eigenvalue weighted by molar-refractivity contribution is 0.287. The third-order valence-corrected chi connectivity index (χ3v) is 2.31. The van der Waals surface area contributed by atoms with Crippen LogP contribution in [0.1, 0.15) is 12.2 Å². The molecule has 0 atom stereocenters. The number of aromatic nitrogens is 3. The average Bonchev–Trinajstić information content (AvgIpc) is 2.37. The van der Waals surface area contributed by atoms with Crippen LogP contribution in [0.2, 0.25) is 0 Å². The van der Waals surface area contributed by atoms with Gasteiger partial charge in [-0.15, -0.1) is 5.10 Å². The van der Waals surface area contributed by atoms with E-state index in [1.54, 1.807) is 18.2 Å². The number of hydrogen-bond acceptors (Lipinski definition) is 4. The number of aryl methyl sites for hydroxylation is 1. The number of hydrogen-bond donors (Lipinski definition) is 1. The van der Waals surface area contributed by atoms with E-state index in [2.05, 4.69) is 15.2 Å². The van der Waals surface area contributed by atoms with E-state index in [1.165, 1.54) is 12.3 Å². The van der Waals surface area contributed by atoms with E-state index in [1.807, 2.05) is 0 Å². The molecule has 2 rings (SSSR count). The van der Waals surface area contributed by atoms with Crippen molar-refractivity contribution in [3.8, 4) is 11.3 Å². The lowest BCUT2D eigenvalue weighted by Crippen LogP contribution is -2.01. The molecule has 0 saturated heterocycles. The number of benzene rings is 1. The quantitative estimate of drug-likeness (QED) is 0.871. The molecular weight excluding hydrogens is 221 g/mol. The van der Waals surface area contributed by atoms with Gasteiger partial charge >= 0.3 is 0 Å². The van der Waals surface area contributed by atoms with Crippen LogP contribution in [0.15, 0.2) is 30.5 Å². The molecule has 0 spiro atoms. The van der Waals surface area contributed by atoms with E-state index in [0.29, 0.717) is 29.9 Å². The largest absolute Gasteiger partial charge is 0.396 e. The molecule has 1 aromatic carbocycles. The highest BCUT2D eigenvalue weighted by molar-refractivity contribution is 5.58. The van der Waals surface area contributed by atoms with Gasteiger partial charge in [0.05, 0.1) is 11.9 Å². The summed E-state index contributed by atoms with van der Waals surface area (Å²) in [5.74, 6) is 0.181. The first-order valence-corrected chi connectivity index (χ1v) is 5.35. The zero-order valence-corrected chi connectivity index (χ0v) is 9.17. The first kappa shape index (κ1) is 11.6. The fourth-order valence-electron chi connectivity index (χ4n) is 1.48. The van der Waals surface area contributed by atoms with Crippen LogP contribution in [0.25, 0.3) is 11.3 Å². The fraction of sp³-hybridized carbons (Fsp3) is 0.250. The molecule has 0 saturated carbocycles. The molecule has 0 aliphatic heterocycles. The van der Waals surface area contributed by atoms with Gasteiger partial charge in [-0.2, -0.15) is 5.10 Å². The summed E-state index contributed by atoms with van der Waals surface area (Å²) >= 11 is 0. The van der Waals surface area contributed by atoms with Gasteiger partial charge < -0.3 is 5.11 Å². The van der Waals surface area contributed by atoms with Crippen molar-refractivity contribution in [1.82, 2.24) is 15.2 Å². The Bertz CT molecular complexity index is 505. The highest BCUT2D eigenvalue weighted by Gasteiger charge is 2.07. The highest BCUT2D eigenvalue weighted by atomic mass is 19.1. The Balaban J connectivity index is 2.30.